The Morgan fingerprint density at radius 3 is 2.67 bits per heavy atom. The molecule has 2 saturated heterocycles. The lowest BCUT2D eigenvalue weighted by Gasteiger charge is -2.33. The fourth-order valence-corrected chi connectivity index (χ4v) is 3.70. The highest BCUT2D eigenvalue weighted by Gasteiger charge is 2.21. The molecule has 0 aromatic heterocycles. The van der Waals surface area contributed by atoms with Crippen molar-refractivity contribution >= 4 is 17.2 Å². The minimum atomic E-state index is 0.143. The van der Waals surface area contributed by atoms with Crippen LogP contribution in [0.5, 0.6) is 0 Å². The largest absolute Gasteiger partial charge is 0.398 e. The molecule has 2 aliphatic heterocycles. The molecule has 1 atom stereocenters. The second kappa shape index (κ2) is 7.53. The minimum Gasteiger partial charge on any atom is -0.398 e. The molecule has 5 nitrogen and oxygen atoms in total. The first kappa shape index (κ1) is 17.2. The minimum absolute atomic E-state index is 0.143. The lowest BCUT2D eigenvalue weighted by atomic mass is 9.99. The van der Waals surface area contributed by atoms with Crippen LogP contribution in [0.3, 0.4) is 0 Å². The van der Waals surface area contributed by atoms with E-state index < -0.39 is 0 Å². The van der Waals surface area contributed by atoms with Gasteiger partial charge in [-0.05, 0) is 44.0 Å². The normalized spacial score (nSPS) is 23.4. The maximum Gasteiger partial charge on any atom is 0.178 e. The van der Waals surface area contributed by atoms with Crippen LogP contribution in [0.2, 0.25) is 0 Å². The highest BCUT2D eigenvalue weighted by Crippen LogP contribution is 2.26. The van der Waals surface area contributed by atoms with Gasteiger partial charge in [-0.25, -0.2) is 0 Å². The zero-order valence-corrected chi connectivity index (χ0v) is 15.0. The molecule has 0 bridgehead atoms. The van der Waals surface area contributed by atoms with Crippen molar-refractivity contribution < 1.29 is 4.79 Å². The number of ketones is 1. The summed E-state index contributed by atoms with van der Waals surface area (Å²) in [5.41, 5.74) is 8.53. The quantitative estimate of drug-likeness (QED) is 0.675. The molecule has 0 aliphatic carbocycles. The number of carbonyl (C=O) groups is 1. The van der Waals surface area contributed by atoms with Gasteiger partial charge in [0.05, 0.1) is 6.54 Å². The molecule has 0 saturated carbocycles. The van der Waals surface area contributed by atoms with Gasteiger partial charge < -0.3 is 15.5 Å². The number of nitrogen functional groups attached to an aromatic ring is 1. The van der Waals surface area contributed by atoms with E-state index in [2.05, 4.69) is 34.7 Å². The molecule has 2 fully saturated rings. The third-order valence-electron chi connectivity index (χ3n) is 5.32. The van der Waals surface area contributed by atoms with E-state index in [1.165, 1.54) is 12.8 Å². The Balaban J connectivity index is 1.70. The first-order valence-electron chi connectivity index (χ1n) is 9.11. The summed E-state index contributed by atoms with van der Waals surface area (Å²) in [5, 5.41) is 0. The van der Waals surface area contributed by atoms with Crippen LogP contribution in [0.4, 0.5) is 11.4 Å². The number of rotatable bonds is 4. The summed E-state index contributed by atoms with van der Waals surface area (Å²) in [6.45, 7) is 8.84. The van der Waals surface area contributed by atoms with Gasteiger partial charge in [0, 0.05) is 56.2 Å². The average molecular weight is 330 g/mol. The van der Waals surface area contributed by atoms with E-state index in [9.17, 15) is 4.79 Å². The SMILES string of the molecule is CC1CCCN(c2ccc(N)c(C(=O)CN3CCN(C)CC3)c2)C1. The summed E-state index contributed by atoms with van der Waals surface area (Å²) in [7, 11) is 2.13. The van der Waals surface area contributed by atoms with Crippen molar-refractivity contribution in [2.45, 2.75) is 19.8 Å². The highest BCUT2D eigenvalue weighted by atomic mass is 16.1. The standard InChI is InChI=1S/C19H30N4O/c1-15-4-3-7-23(13-15)16-5-6-18(20)17(12-16)19(24)14-22-10-8-21(2)9-11-22/h5-6,12,15H,3-4,7-11,13-14,20H2,1-2H3. The van der Waals surface area contributed by atoms with Crippen molar-refractivity contribution in [3.8, 4) is 0 Å². The molecule has 132 valence electrons. The van der Waals surface area contributed by atoms with Gasteiger partial charge in [0.2, 0.25) is 0 Å². The van der Waals surface area contributed by atoms with E-state index in [-0.39, 0.29) is 5.78 Å². The van der Waals surface area contributed by atoms with Gasteiger partial charge in [0.25, 0.3) is 0 Å². The Morgan fingerprint density at radius 1 is 1.21 bits per heavy atom. The number of hydrogen-bond donors (Lipinski definition) is 1. The van der Waals surface area contributed by atoms with Crippen molar-refractivity contribution in [2.24, 2.45) is 5.92 Å². The number of piperazine rings is 1. The first-order valence-corrected chi connectivity index (χ1v) is 9.11. The monoisotopic (exact) mass is 330 g/mol. The molecule has 0 spiro atoms. The molecule has 2 heterocycles. The summed E-state index contributed by atoms with van der Waals surface area (Å²) >= 11 is 0. The van der Waals surface area contributed by atoms with Crippen LogP contribution in [0.25, 0.3) is 0 Å². The van der Waals surface area contributed by atoms with Crippen molar-refractivity contribution in [1.82, 2.24) is 9.80 Å². The Bertz CT molecular complexity index is 581. The van der Waals surface area contributed by atoms with Crippen LogP contribution < -0.4 is 10.6 Å². The topological polar surface area (TPSA) is 52.8 Å². The highest BCUT2D eigenvalue weighted by molar-refractivity contribution is 6.03. The summed E-state index contributed by atoms with van der Waals surface area (Å²) < 4.78 is 0. The van der Waals surface area contributed by atoms with E-state index in [4.69, 9.17) is 5.73 Å². The maximum absolute atomic E-state index is 12.8. The third-order valence-corrected chi connectivity index (χ3v) is 5.32. The van der Waals surface area contributed by atoms with E-state index in [1.807, 2.05) is 12.1 Å². The van der Waals surface area contributed by atoms with Crippen LogP contribution in [-0.2, 0) is 0 Å². The number of carbonyl (C=O) groups excluding carboxylic acids is 1. The van der Waals surface area contributed by atoms with Crippen LogP contribution in [0, 0.1) is 5.92 Å². The number of likely N-dealkylation sites (N-methyl/N-ethyl adjacent to an activating group) is 1. The summed E-state index contributed by atoms with van der Waals surface area (Å²) in [4.78, 5) is 19.7. The number of Topliss-reactive ketones (excluding diaryl/α,β-unsaturated/α-hetero) is 1. The van der Waals surface area contributed by atoms with E-state index in [0.29, 0.717) is 23.7 Å². The van der Waals surface area contributed by atoms with Gasteiger partial charge in [0.1, 0.15) is 0 Å². The van der Waals surface area contributed by atoms with Gasteiger partial charge in [-0.1, -0.05) is 6.92 Å². The number of benzene rings is 1. The Kier molecular flexibility index (Phi) is 5.41. The summed E-state index contributed by atoms with van der Waals surface area (Å²) in [5.74, 6) is 0.852. The molecule has 0 radical (unpaired) electrons. The van der Waals surface area contributed by atoms with Crippen LogP contribution in [0.1, 0.15) is 30.1 Å². The molecule has 2 N–H and O–H groups in total. The molecule has 3 rings (SSSR count). The van der Waals surface area contributed by atoms with Crippen molar-refractivity contribution in [1.29, 1.82) is 0 Å². The molecular formula is C19H30N4O. The zero-order chi connectivity index (χ0) is 17.1. The van der Waals surface area contributed by atoms with Crippen LogP contribution in [-0.4, -0.2) is 68.4 Å². The fraction of sp³-hybridized carbons (Fsp3) is 0.632. The number of nitrogens with two attached hydrogens (primary N) is 1. The van der Waals surface area contributed by atoms with E-state index in [1.54, 1.807) is 0 Å². The Hall–Kier alpha value is -1.59. The van der Waals surface area contributed by atoms with Gasteiger partial charge in [-0.3, -0.25) is 9.69 Å². The lowest BCUT2D eigenvalue weighted by Crippen LogP contribution is -2.46. The molecule has 24 heavy (non-hydrogen) atoms. The van der Waals surface area contributed by atoms with Gasteiger partial charge in [0.15, 0.2) is 5.78 Å². The molecule has 1 aromatic carbocycles. The van der Waals surface area contributed by atoms with Crippen molar-refractivity contribution in [2.75, 3.05) is 63.5 Å². The number of piperidine rings is 1. The zero-order valence-electron chi connectivity index (χ0n) is 15.0. The van der Waals surface area contributed by atoms with Crippen molar-refractivity contribution in [3.05, 3.63) is 23.8 Å². The van der Waals surface area contributed by atoms with Crippen LogP contribution >= 0.6 is 0 Å². The lowest BCUT2D eigenvalue weighted by molar-refractivity contribution is 0.0877. The third kappa shape index (κ3) is 4.08. The predicted octanol–water partition coefficient (Wildman–Crippen LogP) is 1.94. The number of nitrogens with zero attached hydrogens (tertiary/aromatic N) is 3. The number of hydrogen-bond acceptors (Lipinski definition) is 5. The van der Waals surface area contributed by atoms with Gasteiger partial charge in [-0.15, -0.1) is 0 Å². The molecular weight excluding hydrogens is 300 g/mol. The molecule has 5 heteroatoms. The van der Waals surface area contributed by atoms with Gasteiger partial charge in [-0.2, -0.15) is 0 Å². The first-order chi connectivity index (χ1) is 11.5. The average Bonchev–Trinajstić information content (AvgIpc) is 2.57. The molecule has 1 aromatic rings. The smallest absolute Gasteiger partial charge is 0.178 e. The maximum atomic E-state index is 12.8. The van der Waals surface area contributed by atoms with E-state index >= 15 is 0 Å². The van der Waals surface area contributed by atoms with Gasteiger partial charge >= 0.3 is 0 Å². The molecule has 1 unspecified atom stereocenters. The Morgan fingerprint density at radius 2 is 1.96 bits per heavy atom. The predicted molar refractivity (Wildman–Crippen MR) is 99.7 cm³/mol. The number of anilines is 2. The molecule has 0 amide bonds. The summed E-state index contributed by atoms with van der Waals surface area (Å²) in [6.07, 6.45) is 2.51. The Labute approximate surface area is 145 Å². The second-order valence-electron chi connectivity index (χ2n) is 7.47. The molecule has 2 aliphatic rings. The summed E-state index contributed by atoms with van der Waals surface area (Å²) in [6, 6.07) is 5.96. The van der Waals surface area contributed by atoms with Crippen molar-refractivity contribution in [3.63, 3.8) is 0 Å². The van der Waals surface area contributed by atoms with Crippen LogP contribution in [0.15, 0.2) is 18.2 Å². The van der Waals surface area contributed by atoms with E-state index in [0.717, 1.165) is 45.0 Å². The second-order valence-corrected chi connectivity index (χ2v) is 7.47. The fourth-order valence-electron chi connectivity index (χ4n) is 3.70.